The van der Waals surface area contributed by atoms with Gasteiger partial charge in [0, 0.05) is 16.8 Å². The summed E-state index contributed by atoms with van der Waals surface area (Å²) in [6, 6.07) is 15.7. The minimum absolute atomic E-state index is 0.0547. The van der Waals surface area contributed by atoms with Gasteiger partial charge < -0.3 is 0 Å². The summed E-state index contributed by atoms with van der Waals surface area (Å²) in [5.41, 5.74) is 3.13. The molecule has 28 heavy (non-hydrogen) atoms. The molecule has 6 heteroatoms. The van der Waals surface area contributed by atoms with Crippen molar-refractivity contribution in [3.8, 4) is 5.69 Å². The maximum atomic E-state index is 13.6. The van der Waals surface area contributed by atoms with Crippen molar-refractivity contribution in [1.82, 2.24) is 14.5 Å². The van der Waals surface area contributed by atoms with Gasteiger partial charge in [0.05, 0.1) is 16.8 Å². The average Bonchev–Trinajstić information content (AvgIpc) is 3.12. The largest absolute Gasteiger partial charge is 0.268 e. The van der Waals surface area contributed by atoms with E-state index in [1.807, 2.05) is 48.5 Å². The molecule has 1 aromatic carbocycles. The van der Waals surface area contributed by atoms with Crippen LogP contribution in [0.4, 0.5) is 0 Å². The van der Waals surface area contributed by atoms with Crippen LogP contribution in [0, 0.1) is 0 Å². The van der Waals surface area contributed by atoms with Crippen molar-refractivity contribution in [3.05, 3.63) is 81.2 Å². The number of fused-ring (bicyclic) bond motifs is 3. The Balaban J connectivity index is 1.68. The van der Waals surface area contributed by atoms with Gasteiger partial charge in [-0.05, 0) is 55.5 Å². The summed E-state index contributed by atoms with van der Waals surface area (Å²) in [5, 5.41) is 1.55. The minimum atomic E-state index is 0.0547. The molecule has 0 amide bonds. The first-order valence-electron chi connectivity index (χ1n) is 9.47. The normalized spacial score (nSPS) is 13.6. The van der Waals surface area contributed by atoms with Crippen LogP contribution in [0.5, 0.6) is 0 Å². The highest BCUT2D eigenvalue weighted by Crippen LogP contribution is 2.35. The van der Waals surface area contributed by atoms with E-state index < -0.39 is 0 Å². The van der Waals surface area contributed by atoms with E-state index in [1.165, 1.54) is 16.9 Å². The summed E-state index contributed by atoms with van der Waals surface area (Å²) in [7, 11) is 0. The van der Waals surface area contributed by atoms with Gasteiger partial charge in [-0.3, -0.25) is 14.3 Å². The highest BCUT2D eigenvalue weighted by molar-refractivity contribution is 7.98. The Kier molecular flexibility index (Phi) is 4.74. The third-order valence-electron chi connectivity index (χ3n) is 5.05. The molecule has 4 nitrogen and oxygen atoms in total. The molecule has 4 aromatic rings. The van der Waals surface area contributed by atoms with Gasteiger partial charge in [-0.2, -0.15) is 0 Å². The zero-order chi connectivity index (χ0) is 18.9. The smallest absolute Gasteiger partial charge is 0.267 e. The highest BCUT2D eigenvalue weighted by Gasteiger charge is 2.22. The first-order valence-corrected chi connectivity index (χ1v) is 11.3. The first-order chi connectivity index (χ1) is 13.8. The second-order valence-electron chi connectivity index (χ2n) is 6.87. The molecule has 3 heterocycles. The van der Waals surface area contributed by atoms with Gasteiger partial charge >= 0.3 is 0 Å². The van der Waals surface area contributed by atoms with E-state index in [0.29, 0.717) is 5.75 Å². The number of pyridine rings is 1. The second kappa shape index (κ2) is 7.53. The summed E-state index contributed by atoms with van der Waals surface area (Å²) in [6.07, 6.45) is 6.21. The molecule has 0 radical (unpaired) electrons. The van der Waals surface area contributed by atoms with Gasteiger partial charge in [0.1, 0.15) is 4.83 Å². The van der Waals surface area contributed by atoms with Crippen molar-refractivity contribution in [2.45, 2.75) is 36.6 Å². The van der Waals surface area contributed by atoms with Crippen LogP contribution in [0.15, 0.2) is 64.7 Å². The van der Waals surface area contributed by atoms with Crippen molar-refractivity contribution in [2.24, 2.45) is 0 Å². The lowest BCUT2D eigenvalue weighted by atomic mass is 9.97. The lowest BCUT2D eigenvalue weighted by Gasteiger charge is -2.13. The quantitative estimate of drug-likeness (QED) is 0.354. The van der Waals surface area contributed by atoms with Crippen molar-refractivity contribution >= 4 is 33.3 Å². The molecule has 0 atom stereocenters. The minimum Gasteiger partial charge on any atom is -0.268 e. The molecular formula is C22H19N3OS2. The van der Waals surface area contributed by atoms with Gasteiger partial charge in [0.15, 0.2) is 5.16 Å². The van der Waals surface area contributed by atoms with Crippen LogP contribution in [0.3, 0.4) is 0 Å². The standard InChI is InChI=1S/C22H19N3OS2/c26-21-19-17-11-4-5-12-18(17)28-20(19)24-22(25(21)16-9-2-1-3-10-16)27-14-15-8-6-7-13-23-15/h1-3,6-10,13H,4-5,11-12,14H2. The van der Waals surface area contributed by atoms with Crippen LogP contribution in [0.1, 0.15) is 29.0 Å². The molecule has 140 valence electrons. The molecule has 0 bridgehead atoms. The molecule has 3 aromatic heterocycles. The summed E-state index contributed by atoms with van der Waals surface area (Å²) >= 11 is 3.27. The fourth-order valence-electron chi connectivity index (χ4n) is 3.71. The van der Waals surface area contributed by atoms with Gasteiger partial charge in [0.2, 0.25) is 0 Å². The number of thioether (sulfide) groups is 1. The number of benzene rings is 1. The van der Waals surface area contributed by atoms with E-state index in [-0.39, 0.29) is 5.56 Å². The number of hydrogen-bond acceptors (Lipinski definition) is 5. The molecular weight excluding hydrogens is 386 g/mol. The molecule has 0 N–H and O–H groups in total. The van der Waals surface area contributed by atoms with Gasteiger partial charge in [0.25, 0.3) is 5.56 Å². The van der Waals surface area contributed by atoms with Crippen molar-refractivity contribution < 1.29 is 0 Å². The Bertz CT molecular complexity index is 1180. The first kappa shape index (κ1) is 17.6. The van der Waals surface area contributed by atoms with E-state index in [1.54, 1.807) is 33.9 Å². The summed E-state index contributed by atoms with van der Waals surface area (Å²) < 4.78 is 1.78. The lowest BCUT2D eigenvalue weighted by molar-refractivity contribution is 0.699. The number of para-hydroxylation sites is 1. The SMILES string of the molecule is O=c1c2c3c(sc2nc(SCc2ccccn2)n1-c1ccccc1)CCCC3. The van der Waals surface area contributed by atoms with Gasteiger partial charge in [-0.15, -0.1) is 11.3 Å². The van der Waals surface area contributed by atoms with Crippen LogP contribution in [-0.2, 0) is 18.6 Å². The van der Waals surface area contributed by atoms with E-state index >= 15 is 0 Å². The predicted octanol–water partition coefficient (Wildman–Crippen LogP) is 5.01. The Morgan fingerprint density at radius 1 is 1.04 bits per heavy atom. The summed E-state index contributed by atoms with van der Waals surface area (Å²) in [4.78, 5) is 25.2. The highest BCUT2D eigenvalue weighted by atomic mass is 32.2. The van der Waals surface area contributed by atoms with Crippen LogP contribution < -0.4 is 5.56 Å². The monoisotopic (exact) mass is 405 g/mol. The van der Waals surface area contributed by atoms with Crippen molar-refractivity contribution in [3.63, 3.8) is 0 Å². The van der Waals surface area contributed by atoms with E-state index in [9.17, 15) is 4.79 Å². The van der Waals surface area contributed by atoms with E-state index in [2.05, 4.69) is 4.98 Å². The number of thiophene rings is 1. The Hall–Kier alpha value is -2.44. The molecule has 0 saturated heterocycles. The van der Waals surface area contributed by atoms with Crippen LogP contribution in [0.2, 0.25) is 0 Å². The number of aryl methyl sites for hydroxylation is 2. The maximum Gasteiger partial charge on any atom is 0.267 e. The van der Waals surface area contributed by atoms with Crippen molar-refractivity contribution in [1.29, 1.82) is 0 Å². The molecule has 0 aliphatic heterocycles. The molecule has 0 spiro atoms. The van der Waals surface area contributed by atoms with Gasteiger partial charge in [-0.1, -0.05) is 36.0 Å². The zero-order valence-electron chi connectivity index (χ0n) is 15.3. The Morgan fingerprint density at radius 3 is 2.68 bits per heavy atom. The van der Waals surface area contributed by atoms with Crippen molar-refractivity contribution in [2.75, 3.05) is 0 Å². The van der Waals surface area contributed by atoms with Crippen LogP contribution >= 0.6 is 23.1 Å². The molecule has 0 saturated carbocycles. The van der Waals surface area contributed by atoms with E-state index in [4.69, 9.17) is 4.98 Å². The average molecular weight is 406 g/mol. The topological polar surface area (TPSA) is 47.8 Å². The Morgan fingerprint density at radius 2 is 1.86 bits per heavy atom. The predicted molar refractivity (Wildman–Crippen MR) is 116 cm³/mol. The fourth-order valence-corrected chi connectivity index (χ4v) is 5.94. The number of aromatic nitrogens is 3. The maximum absolute atomic E-state index is 13.6. The summed E-state index contributed by atoms with van der Waals surface area (Å²) in [6.45, 7) is 0. The Labute approximate surface area is 171 Å². The molecule has 0 fully saturated rings. The molecule has 1 aliphatic rings. The number of hydrogen-bond donors (Lipinski definition) is 0. The summed E-state index contributed by atoms with van der Waals surface area (Å²) in [5.74, 6) is 0.677. The molecule has 0 unspecified atom stereocenters. The third-order valence-corrected chi connectivity index (χ3v) is 7.21. The van der Waals surface area contributed by atoms with Crippen LogP contribution in [0.25, 0.3) is 15.9 Å². The van der Waals surface area contributed by atoms with Gasteiger partial charge in [-0.25, -0.2) is 4.98 Å². The molecule has 5 rings (SSSR count). The number of nitrogens with zero attached hydrogens (tertiary/aromatic N) is 3. The fraction of sp³-hybridized carbons (Fsp3) is 0.227. The third kappa shape index (κ3) is 3.16. The zero-order valence-corrected chi connectivity index (χ0v) is 16.9. The van der Waals surface area contributed by atoms with Crippen LogP contribution in [-0.4, -0.2) is 14.5 Å². The second-order valence-corrected chi connectivity index (χ2v) is 8.90. The van der Waals surface area contributed by atoms with E-state index in [0.717, 1.165) is 46.0 Å². The lowest BCUT2D eigenvalue weighted by Crippen LogP contribution is -2.22. The molecule has 1 aliphatic carbocycles. The number of rotatable bonds is 4.